The molecule has 0 spiro atoms. The van der Waals surface area contributed by atoms with Crippen molar-refractivity contribution in [2.45, 2.75) is 19.9 Å². The van der Waals surface area contributed by atoms with Gasteiger partial charge in [0.2, 0.25) is 5.91 Å². The third-order valence-corrected chi connectivity index (χ3v) is 3.67. The molecule has 0 aliphatic rings. The highest BCUT2D eigenvalue weighted by molar-refractivity contribution is 5.83. The van der Waals surface area contributed by atoms with E-state index >= 15 is 0 Å². The molecule has 0 atom stereocenters. The first kappa shape index (κ1) is 19.1. The number of nitro groups is 1. The predicted octanol–water partition coefficient (Wildman–Crippen LogP) is 2.73. The number of carbonyl (C=O) groups is 2. The number of non-ortho nitro benzene ring substituents is 1. The maximum absolute atomic E-state index is 12.7. The van der Waals surface area contributed by atoms with E-state index in [9.17, 15) is 19.7 Å². The summed E-state index contributed by atoms with van der Waals surface area (Å²) in [6.45, 7) is 2.02. The van der Waals surface area contributed by atoms with Crippen molar-refractivity contribution in [3.63, 3.8) is 0 Å². The van der Waals surface area contributed by atoms with Crippen LogP contribution >= 0.6 is 0 Å². The number of hydrogen-bond acceptors (Lipinski definition) is 5. The van der Waals surface area contributed by atoms with Crippen LogP contribution in [-0.2, 0) is 27.3 Å². The maximum atomic E-state index is 12.7. The van der Waals surface area contributed by atoms with Gasteiger partial charge in [-0.05, 0) is 18.1 Å². The monoisotopic (exact) mass is 356 g/mol. The van der Waals surface area contributed by atoms with Gasteiger partial charge in [-0.1, -0.05) is 42.5 Å². The summed E-state index contributed by atoms with van der Waals surface area (Å²) in [5, 5.41) is 10.9. The Kier molecular flexibility index (Phi) is 6.84. The highest BCUT2D eigenvalue weighted by atomic mass is 16.6. The summed E-state index contributed by atoms with van der Waals surface area (Å²) in [6, 6.07) is 15.2. The van der Waals surface area contributed by atoms with Crippen LogP contribution in [0.5, 0.6) is 0 Å². The SMILES string of the molecule is CCOC(=O)CN(Cc1ccccc1)C(=O)Cc1cccc([N+](=O)[O-])c1. The zero-order valence-electron chi connectivity index (χ0n) is 14.5. The fourth-order valence-corrected chi connectivity index (χ4v) is 2.46. The van der Waals surface area contributed by atoms with Gasteiger partial charge in [0, 0.05) is 18.7 Å². The Balaban J connectivity index is 2.14. The summed E-state index contributed by atoms with van der Waals surface area (Å²) in [5.74, 6) is -0.793. The molecule has 0 unspecified atom stereocenters. The zero-order chi connectivity index (χ0) is 18.9. The van der Waals surface area contributed by atoms with Gasteiger partial charge in [0.05, 0.1) is 18.0 Å². The van der Waals surface area contributed by atoms with Crippen LogP contribution in [0.4, 0.5) is 5.69 Å². The molecular weight excluding hydrogens is 336 g/mol. The Bertz CT molecular complexity index is 777. The second-order valence-electron chi connectivity index (χ2n) is 5.64. The molecule has 7 nitrogen and oxygen atoms in total. The van der Waals surface area contributed by atoms with Gasteiger partial charge in [-0.15, -0.1) is 0 Å². The summed E-state index contributed by atoms with van der Waals surface area (Å²) >= 11 is 0. The van der Waals surface area contributed by atoms with Crippen molar-refractivity contribution in [2.24, 2.45) is 0 Å². The number of nitro benzene ring substituents is 1. The number of carbonyl (C=O) groups excluding carboxylic acids is 2. The number of nitrogens with zero attached hydrogens (tertiary/aromatic N) is 2. The third kappa shape index (κ3) is 5.70. The lowest BCUT2D eigenvalue weighted by atomic mass is 10.1. The first-order chi connectivity index (χ1) is 12.5. The topological polar surface area (TPSA) is 89.8 Å². The molecule has 2 rings (SSSR count). The van der Waals surface area contributed by atoms with Crippen LogP contribution in [0.3, 0.4) is 0 Å². The molecule has 0 saturated heterocycles. The van der Waals surface area contributed by atoms with Crippen LogP contribution in [0.25, 0.3) is 0 Å². The number of esters is 1. The Hall–Kier alpha value is -3.22. The number of hydrogen-bond donors (Lipinski definition) is 0. The molecular formula is C19H20N2O5. The van der Waals surface area contributed by atoms with Crippen LogP contribution in [-0.4, -0.2) is 34.9 Å². The number of benzene rings is 2. The molecule has 0 heterocycles. The van der Waals surface area contributed by atoms with Gasteiger partial charge in [-0.2, -0.15) is 0 Å². The van der Waals surface area contributed by atoms with E-state index in [-0.39, 0.29) is 37.7 Å². The second kappa shape index (κ2) is 9.31. The van der Waals surface area contributed by atoms with Gasteiger partial charge in [-0.25, -0.2) is 0 Å². The van der Waals surface area contributed by atoms with E-state index in [1.54, 1.807) is 13.0 Å². The van der Waals surface area contributed by atoms with E-state index < -0.39 is 10.9 Å². The first-order valence-electron chi connectivity index (χ1n) is 8.20. The predicted molar refractivity (Wildman–Crippen MR) is 95.3 cm³/mol. The van der Waals surface area contributed by atoms with Gasteiger partial charge in [0.1, 0.15) is 6.54 Å². The van der Waals surface area contributed by atoms with Gasteiger partial charge < -0.3 is 9.64 Å². The van der Waals surface area contributed by atoms with Crippen molar-refractivity contribution in [1.82, 2.24) is 4.90 Å². The van der Waals surface area contributed by atoms with Crippen LogP contribution in [0, 0.1) is 10.1 Å². The quantitative estimate of drug-likeness (QED) is 0.412. The molecule has 0 bridgehead atoms. The molecule has 1 amide bonds. The molecule has 26 heavy (non-hydrogen) atoms. The zero-order valence-corrected chi connectivity index (χ0v) is 14.5. The van der Waals surface area contributed by atoms with Crippen molar-refractivity contribution in [3.05, 3.63) is 75.8 Å². The Morgan fingerprint density at radius 2 is 1.77 bits per heavy atom. The molecule has 0 radical (unpaired) electrons. The Morgan fingerprint density at radius 1 is 1.08 bits per heavy atom. The third-order valence-electron chi connectivity index (χ3n) is 3.67. The van der Waals surface area contributed by atoms with Gasteiger partial charge in [-0.3, -0.25) is 19.7 Å². The van der Waals surface area contributed by atoms with Crippen molar-refractivity contribution < 1.29 is 19.2 Å². The molecule has 0 aromatic heterocycles. The number of rotatable bonds is 8. The molecule has 0 N–H and O–H groups in total. The summed E-state index contributed by atoms with van der Waals surface area (Å²) in [4.78, 5) is 36.3. The fourth-order valence-electron chi connectivity index (χ4n) is 2.46. The Morgan fingerprint density at radius 3 is 2.42 bits per heavy atom. The minimum Gasteiger partial charge on any atom is -0.465 e. The van der Waals surface area contributed by atoms with Crippen molar-refractivity contribution in [1.29, 1.82) is 0 Å². The lowest BCUT2D eigenvalue weighted by molar-refractivity contribution is -0.384. The van der Waals surface area contributed by atoms with Crippen LogP contribution in [0.1, 0.15) is 18.1 Å². The molecule has 0 aliphatic heterocycles. The minimum atomic E-state index is -0.506. The van der Waals surface area contributed by atoms with Crippen LogP contribution in [0.2, 0.25) is 0 Å². The van der Waals surface area contributed by atoms with E-state index in [4.69, 9.17) is 4.74 Å². The second-order valence-corrected chi connectivity index (χ2v) is 5.64. The smallest absolute Gasteiger partial charge is 0.325 e. The maximum Gasteiger partial charge on any atom is 0.325 e. The minimum absolute atomic E-state index is 0.0338. The van der Waals surface area contributed by atoms with Gasteiger partial charge >= 0.3 is 5.97 Å². The molecule has 7 heteroatoms. The summed E-state index contributed by atoms with van der Waals surface area (Å²) < 4.78 is 4.94. The molecule has 2 aromatic rings. The van der Waals surface area contributed by atoms with E-state index in [2.05, 4.69) is 0 Å². The highest BCUT2D eigenvalue weighted by Crippen LogP contribution is 2.15. The largest absolute Gasteiger partial charge is 0.465 e. The average Bonchev–Trinajstić information content (AvgIpc) is 2.62. The van der Waals surface area contributed by atoms with E-state index in [0.717, 1.165) is 5.56 Å². The lowest BCUT2D eigenvalue weighted by Gasteiger charge is -2.22. The van der Waals surface area contributed by atoms with Crippen molar-refractivity contribution in [3.8, 4) is 0 Å². The summed E-state index contributed by atoms with van der Waals surface area (Å²) in [7, 11) is 0. The summed E-state index contributed by atoms with van der Waals surface area (Å²) in [5.41, 5.74) is 1.32. The summed E-state index contributed by atoms with van der Waals surface area (Å²) in [6.07, 6.45) is -0.0338. The molecule has 0 saturated carbocycles. The standard InChI is InChI=1S/C19H20N2O5/c1-2-26-19(23)14-20(13-15-7-4-3-5-8-15)18(22)12-16-9-6-10-17(11-16)21(24)25/h3-11H,2,12-14H2,1H3. The molecule has 0 fully saturated rings. The number of ether oxygens (including phenoxy) is 1. The normalized spacial score (nSPS) is 10.2. The average molecular weight is 356 g/mol. The van der Waals surface area contributed by atoms with Crippen molar-refractivity contribution in [2.75, 3.05) is 13.2 Å². The van der Waals surface area contributed by atoms with E-state index in [0.29, 0.717) is 5.56 Å². The first-order valence-corrected chi connectivity index (χ1v) is 8.20. The molecule has 2 aromatic carbocycles. The highest BCUT2D eigenvalue weighted by Gasteiger charge is 2.19. The molecule has 136 valence electrons. The van der Waals surface area contributed by atoms with Crippen molar-refractivity contribution >= 4 is 17.6 Å². The lowest BCUT2D eigenvalue weighted by Crippen LogP contribution is -2.37. The van der Waals surface area contributed by atoms with Gasteiger partial charge in [0.25, 0.3) is 5.69 Å². The fraction of sp³-hybridized carbons (Fsp3) is 0.263. The van der Waals surface area contributed by atoms with E-state index in [1.807, 2.05) is 30.3 Å². The molecule has 0 aliphatic carbocycles. The van der Waals surface area contributed by atoms with Gasteiger partial charge in [0.15, 0.2) is 0 Å². The van der Waals surface area contributed by atoms with Crippen LogP contribution in [0.15, 0.2) is 54.6 Å². The Labute approximate surface area is 151 Å². The number of amides is 1. The van der Waals surface area contributed by atoms with Crippen LogP contribution < -0.4 is 0 Å². The van der Waals surface area contributed by atoms with E-state index in [1.165, 1.54) is 23.1 Å².